The van der Waals surface area contributed by atoms with E-state index < -0.39 is 17.8 Å². The standard InChI is InChI=1S/C21H20N2O4/c1-3-21(26)15-8-17-18-13(7-12-6-11(2)4-5-16(12)22-18)9-23(17)19(24)14(15)10-27-20(21)25/h4-8,19,24,26H,3,9-10H2,1-2H3/t19?,21-/m0/s1. The molecular formula is C21H20N2O4. The molecule has 6 heteroatoms. The van der Waals surface area contributed by atoms with Gasteiger partial charge in [0.2, 0.25) is 0 Å². The Morgan fingerprint density at radius 1 is 1.37 bits per heavy atom. The van der Waals surface area contributed by atoms with E-state index in [2.05, 4.69) is 12.1 Å². The van der Waals surface area contributed by atoms with E-state index in [0.717, 1.165) is 27.9 Å². The zero-order chi connectivity index (χ0) is 18.9. The van der Waals surface area contributed by atoms with Gasteiger partial charge in [0.25, 0.3) is 0 Å². The fourth-order valence-corrected chi connectivity index (χ4v) is 4.26. The minimum atomic E-state index is -1.73. The summed E-state index contributed by atoms with van der Waals surface area (Å²) in [7, 11) is 0. The molecule has 1 unspecified atom stereocenters. The molecule has 4 heterocycles. The number of benzene rings is 1. The smallest absolute Gasteiger partial charge is 0.343 e. The number of cyclic esters (lactones) is 1. The second-order valence-electron chi connectivity index (χ2n) is 7.45. The maximum absolute atomic E-state index is 12.2. The summed E-state index contributed by atoms with van der Waals surface area (Å²) in [5.74, 6) is -0.665. The molecule has 1 aromatic carbocycles. The number of rotatable bonds is 1. The molecule has 2 atom stereocenters. The van der Waals surface area contributed by atoms with Gasteiger partial charge in [-0.15, -0.1) is 0 Å². The highest BCUT2D eigenvalue weighted by atomic mass is 16.6. The van der Waals surface area contributed by atoms with Gasteiger partial charge in [0.1, 0.15) is 6.61 Å². The van der Waals surface area contributed by atoms with Gasteiger partial charge in [0.15, 0.2) is 11.8 Å². The molecule has 0 bridgehead atoms. The van der Waals surface area contributed by atoms with E-state index in [1.165, 1.54) is 5.56 Å². The van der Waals surface area contributed by atoms with E-state index in [-0.39, 0.29) is 13.0 Å². The number of hydrogen-bond donors (Lipinski definition) is 2. The lowest BCUT2D eigenvalue weighted by Gasteiger charge is -2.40. The molecule has 2 N–H and O–H groups in total. The Morgan fingerprint density at radius 3 is 2.96 bits per heavy atom. The van der Waals surface area contributed by atoms with Gasteiger partial charge in [-0.25, -0.2) is 9.78 Å². The molecule has 1 aromatic heterocycles. The summed E-state index contributed by atoms with van der Waals surface area (Å²) in [6, 6.07) is 8.20. The van der Waals surface area contributed by atoms with Gasteiger partial charge in [-0.1, -0.05) is 18.6 Å². The van der Waals surface area contributed by atoms with Gasteiger partial charge in [-0.2, -0.15) is 0 Å². The van der Waals surface area contributed by atoms with Crippen LogP contribution in [-0.4, -0.2) is 44.5 Å². The van der Waals surface area contributed by atoms with Crippen LogP contribution in [0.15, 0.2) is 41.5 Å². The van der Waals surface area contributed by atoms with Gasteiger partial charge in [-0.3, -0.25) is 0 Å². The molecule has 0 radical (unpaired) electrons. The number of aliphatic hydroxyl groups is 2. The Bertz CT molecular complexity index is 1070. The van der Waals surface area contributed by atoms with Crippen molar-refractivity contribution in [3.8, 4) is 0 Å². The monoisotopic (exact) mass is 364 g/mol. The first-order valence-corrected chi connectivity index (χ1v) is 9.12. The highest BCUT2D eigenvalue weighted by Crippen LogP contribution is 2.44. The number of nitrogens with zero attached hydrogens (tertiary/aromatic N) is 2. The number of ether oxygens (including phenoxy) is 1. The van der Waals surface area contributed by atoms with E-state index in [0.29, 0.717) is 17.7 Å². The maximum atomic E-state index is 12.2. The first-order valence-electron chi connectivity index (χ1n) is 9.12. The summed E-state index contributed by atoms with van der Waals surface area (Å²) in [6.07, 6.45) is 1.02. The van der Waals surface area contributed by atoms with Gasteiger partial charge < -0.3 is 19.8 Å². The zero-order valence-corrected chi connectivity index (χ0v) is 15.2. The zero-order valence-electron chi connectivity index (χ0n) is 15.2. The van der Waals surface area contributed by atoms with Crippen LogP contribution in [-0.2, 0) is 16.1 Å². The third-order valence-corrected chi connectivity index (χ3v) is 5.83. The minimum Gasteiger partial charge on any atom is -0.459 e. The van der Waals surface area contributed by atoms with Crippen molar-refractivity contribution < 1.29 is 19.7 Å². The molecule has 0 saturated heterocycles. The lowest BCUT2D eigenvalue weighted by molar-refractivity contribution is -0.164. The average Bonchev–Trinajstić information content (AvgIpc) is 3.01. The molecule has 5 rings (SSSR count). The summed E-state index contributed by atoms with van der Waals surface area (Å²) in [4.78, 5) is 18.9. The SMILES string of the molecule is CC[C@@]1(O)C(=O)OCC2=C1C=C1c3nc4ccc(C)cc4cc3CN1C2O. The predicted molar refractivity (Wildman–Crippen MR) is 99.2 cm³/mol. The Labute approximate surface area is 156 Å². The average molecular weight is 364 g/mol. The minimum absolute atomic E-state index is 0.0110. The van der Waals surface area contributed by atoms with Gasteiger partial charge >= 0.3 is 5.97 Å². The Kier molecular flexibility index (Phi) is 3.30. The number of carbonyl (C=O) groups is 1. The number of aromatic nitrogens is 1. The van der Waals surface area contributed by atoms with Crippen LogP contribution < -0.4 is 0 Å². The fraction of sp³-hybridized carbons (Fsp3) is 0.333. The highest BCUT2D eigenvalue weighted by molar-refractivity contribution is 5.90. The summed E-state index contributed by atoms with van der Waals surface area (Å²) in [5.41, 5.74) is 3.84. The van der Waals surface area contributed by atoms with Crippen molar-refractivity contribution >= 4 is 22.6 Å². The normalized spacial score (nSPS) is 26.5. The van der Waals surface area contributed by atoms with Crippen molar-refractivity contribution in [2.45, 2.75) is 38.6 Å². The molecule has 3 aliphatic heterocycles. The molecule has 0 amide bonds. The molecule has 27 heavy (non-hydrogen) atoms. The molecule has 6 nitrogen and oxygen atoms in total. The number of esters is 1. The van der Waals surface area contributed by atoms with Crippen molar-refractivity contribution in [2.24, 2.45) is 0 Å². The van der Waals surface area contributed by atoms with Crippen LogP contribution in [0.5, 0.6) is 0 Å². The van der Waals surface area contributed by atoms with E-state index in [4.69, 9.17) is 9.72 Å². The van der Waals surface area contributed by atoms with Gasteiger partial charge in [0, 0.05) is 23.1 Å². The fourth-order valence-electron chi connectivity index (χ4n) is 4.26. The van der Waals surface area contributed by atoms with Crippen LogP contribution in [0.1, 0.15) is 30.2 Å². The van der Waals surface area contributed by atoms with Gasteiger partial charge in [-0.05, 0) is 43.2 Å². The van der Waals surface area contributed by atoms with E-state index >= 15 is 0 Å². The largest absolute Gasteiger partial charge is 0.459 e. The first-order chi connectivity index (χ1) is 12.9. The second-order valence-corrected chi connectivity index (χ2v) is 7.45. The molecular weight excluding hydrogens is 344 g/mol. The third kappa shape index (κ3) is 2.14. The summed E-state index contributed by atoms with van der Waals surface area (Å²) < 4.78 is 5.15. The number of aliphatic hydroxyl groups excluding tert-OH is 1. The van der Waals surface area contributed by atoms with E-state index in [1.54, 1.807) is 13.0 Å². The Morgan fingerprint density at radius 2 is 2.19 bits per heavy atom. The molecule has 0 fully saturated rings. The molecule has 0 spiro atoms. The van der Waals surface area contributed by atoms with Crippen LogP contribution in [0.25, 0.3) is 16.6 Å². The van der Waals surface area contributed by atoms with Crippen LogP contribution in [0, 0.1) is 6.92 Å². The predicted octanol–water partition coefficient (Wildman–Crippen LogP) is 2.03. The lowest BCUT2D eigenvalue weighted by Crippen LogP contribution is -2.50. The first kappa shape index (κ1) is 16.5. The molecule has 138 valence electrons. The van der Waals surface area contributed by atoms with Crippen molar-refractivity contribution in [3.05, 3.63) is 58.3 Å². The quantitative estimate of drug-likeness (QED) is 0.754. The Balaban J connectivity index is 1.71. The molecule has 0 aliphatic carbocycles. The number of fused-ring (bicyclic) bond motifs is 4. The van der Waals surface area contributed by atoms with Gasteiger partial charge in [0.05, 0.1) is 16.9 Å². The number of aryl methyl sites for hydroxylation is 1. The number of pyridine rings is 1. The summed E-state index contributed by atoms with van der Waals surface area (Å²) >= 11 is 0. The van der Waals surface area contributed by atoms with Crippen LogP contribution in [0.3, 0.4) is 0 Å². The van der Waals surface area contributed by atoms with Crippen molar-refractivity contribution in [3.63, 3.8) is 0 Å². The molecule has 3 aliphatic rings. The van der Waals surface area contributed by atoms with Crippen LogP contribution >= 0.6 is 0 Å². The van der Waals surface area contributed by atoms with E-state index in [9.17, 15) is 15.0 Å². The van der Waals surface area contributed by atoms with E-state index in [1.807, 2.05) is 24.0 Å². The van der Waals surface area contributed by atoms with Crippen molar-refractivity contribution in [1.82, 2.24) is 9.88 Å². The lowest BCUT2D eigenvalue weighted by atomic mass is 9.82. The maximum Gasteiger partial charge on any atom is 0.343 e. The Hall–Kier alpha value is -2.70. The van der Waals surface area contributed by atoms with Crippen LogP contribution in [0.4, 0.5) is 0 Å². The molecule has 0 saturated carbocycles. The topological polar surface area (TPSA) is 82.9 Å². The second kappa shape index (κ2) is 5.41. The van der Waals surface area contributed by atoms with Crippen molar-refractivity contribution in [2.75, 3.05) is 6.61 Å². The number of carbonyl (C=O) groups excluding carboxylic acids is 1. The number of hydrogen-bond acceptors (Lipinski definition) is 6. The summed E-state index contributed by atoms with van der Waals surface area (Å²) in [6.45, 7) is 4.28. The summed E-state index contributed by atoms with van der Waals surface area (Å²) in [5, 5.41) is 22.9. The highest BCUT2D eigenvalue weighted by Gasteiger charge is 2.49. The van der Waals surface area contributed by atoms with Crippen molar-refractivity contribution in [1.29, 1.82) is 0 Å². The molecule has 2 aromatic rings. The third-order valence-electron chi connectivity index (χ3n) is 5.83. The van der Waals surface area contributed by atoms with Crippen LogP contribution in [0.2, 0.25) is 0 Å².